The molecule has 0 heterocycles. The van der Waals surface area contributed by atoms with Gasteiger partial charge in [-0.2, -0.15) is 0 Å². The van der Waals surface area contributed by atoms with Crippen LogP contribution in [-0.4, -0.2) is 39.8 Å². The van der Waals surface area contributed by atoms with Crippen LogP contribution < -0.4 is 14.8 Å². The molecule has 31 heavy (non-hydrogen) atoms. The minimum absolute atomic E-state index is 0.0719. The van der Waals surface area contributed by atoms with E-state index in [0.29, 0.717) is 18.0 Å². The van der Waals surface area contributed by atoms with Gasteiger partial charge in [-0.3, -0.25) is 4.79 Å². The van der Waals surface area contributed by atoms with Crippen molar-refractivity contribution in [2.45, 2.75) is 11.5 Å². The largest absolute Gasteiger partial charge is 0.495 e. The van der Waals surface area contributed by atoms with Crippen molar-refractivity contribution in [1.29, 1.82) is 0 Å². The Hall–Kier alpha value is -3.36. The number of ether oxygens (including phenoxy) is 2. The minimum atomic E-state index is -3.77. The molecule has 0 aliphatic rings. The van der Waals surface area contributed by atoms with Crippen LogP contribution >= 0.6 is 0 Å². The summed E-state index contributed by atoms with van der Waals surface area (Å²) >= 11 is 0. The summed E-state index contributed by atoms with van der Waals surface area (Å²) < 4.78 is 37.1. The number of amides is 1. The molecule has 0 radical (unpaired) electrons. The molecule has 0 saturated carbocycles. The highest BCUT2D eigenvalue weighted by atomic mass is 32.2. The molecule has 0 fully saturated rings. The SMILES string of the molecule is COc1ccc(C(=O)Nc2ccc(OCc3ccccc3)cc2)cc1S(=O)(=O)N(C)C. The third-order valence-electron chi connectivity index (χ3n) is 4.54. The molecule has 0 saturated heterocycles. The highest BCUT2D eigenvalue weighted by Gasteiger charge is 2.24. The number of hydrogen-bond acceptors (Lipinski definition) is 5. The van der Waals surface area contributed by atoms with E-state index in [1.807, 2.05) is 30.3 Å². The van der Waals surface area contributed by atoms with Gasteiger partial charge in [0.25, 0.3) is 5.91 Å². The number of nitrogens with one attached hydrogen (secondary N) is 1. The summed E-state index contributed by atoms with van der Waals surface area (Å²) in [6.45, 7) is 0.446. The van der Waals surface area contributed by atoms with Crippen LogP contribution in [0.3, 0.4) is 0 Å². The van der Waals surface area contributed by atoms with Crippen molar-refractivity contribution in [3.05, 3.63) is 83.9 Å². The first-order valence-electron chi connectivity index (χ1n) is 9.50. The van der Waals surface area contributed by atoms with Gasteiger partial charge in [0.1, 0.15) is 23.0 Å². The number of hydrogen-bond donors (Lipinski definition) is 1. The lowest BCUT2D eigenvalue weighted by Crippen LogP contribution is -2.23. The van der Waals surface area contributed by atoms with E-state index < -0.39 is 15.9 Å². The fourth-order valence-corrected chi connectivity index (χ4v) is 3.87. The number of methoxy groups -OCH3 is 1. The summed E-state index contributed by atoms with van der Waals surface area (Å²) in [7, 11) is 0.448. The Labute approximate surface area is 182 Å². The van der Waals surface area contributed by atoms with Crippen molar-refractivity contribution in [1.82, 2.24) is 4.31 Å². The molecule has 0 aliphatic carbocycles. The zero-order chi connectivity index (χ0) is 22.4. The van der Waals surface area contributed by atoms with Gasteiger partial charge in [0.05, 0.1) is 7.11 Å². The van der Waals surface area contributed by atoms with Crippen molar-refractivity contribution < 1.29 is 22.7 Å². The predicted molar refractivity (Wildman–Crippen MR) is 119 cm³/mol. The van der Waals surface area contributed by atoms with E-state index in [9.17, 15) is 13.2 Å². The van der Waals surface area contributed by atoms with Gasteiger partial charge in [0.15, 0.2) is 0 Å². The van der Waals surface area contributed by atoms with Crippen molar-refractivity contribution in [3.8, 4) is 11.5 Å². The van der Waals surface area contributed by atoms with E-state index in [4.69, 9.17) is 9.47 Å². The van der Waals surface area contributed by atoms with Crippen LogP contribution in [0.2, 0.25) is 0 Å². The molecule has 1 N–H and O–H groups in total. The van der Waals surface area contributed by atoms with Gasteiger partial charge >= 0.3 is 0 Å². The summed E-state index contributed by atoms with van der Waals surface area (Å²) in [4.78, 5) is 12.6. The lowest BCUT2D eigenvalue weighted by Gasteiger charge is -2.15. The maximum absolute atomic E-state index is 12.7. The topological polar surface area (TPSA) is 84.9 Å². The number of sulfonamides is 1. The second-order valence-electron chi connectivity index (χ2n) is 6.91. The molecular weight excluding hydrogens is 416 g/mol. The zero-order valence-corrected chi connectivity index (χ0v) is 18.3. The standard InChI is InChI=1S/C23H24N2O5S/c1-25(2)31(27,28)22-15-18(9-14-21(22)29-3)23(26)24-19-10-12-20(13-11-19)30-16-17-7-5-4-6-8-17/h4-15H,16H2,1-3H3,(H,24,26). The predicted octanol–water partition coefficient (Wildman–Crippen LogP) is 3.78. The number of nitrogens with zero attached hydrogens (tertiary/aromatic N) is 1. The molecule has 162 valence electrons. The third-order valence-corrected chi connectivity index (χ3v) is 6.38. The Morgan fingerprint density at radius 3 is 2.26 bits per heavy atom. The second kappa shape index (κ2) is 9.63. The summed E-state index contributed by atoms with van der Waals surface area (Å²) in [6, 6.07) is 21.1. The van der Waals surface area contributed by atoms with E-state index in [0.717, 1.165) is 9.87 Å². The van der Waals surface area contributed by atoms with Crippen LogP contribution in [-0.2, 0) is 16.6 Å². The summed E-state index contributed by atoms with van der Waals surface area (Å²) in [5.41, 5.74) is 1.82. The van der Waals surface area contributed by atoms with Crippen LogP contribution in [0.4, 0.5) is 5.69 Å². The third kappa shape index (κ3) is 5.42. The highest BCUT2D eigenvalue weighted by Crippen LogP contribution is 2.27. The van der Waals surface area contributed by atoms with Gasteiger partial charge in [0.2, 0.25) is 10.0 Å². The van der Waals surface area contributed by atoms with E-state index in [1.54, 1.807) is 24.3 Å². The van der Waals surface area contributed by atoms with Crippen LogP contribution in [0, 0.1) is 0 Å². The van der Waals surface area contributed by atoms with E-state index >= 15 is 0 Å². The summed E-state index contributed by atoms with van der Waals surface area (Å²) in [5, 5.41) is 2.76. The molecule has 1 amide bonds. The van der Waals surface area contributed by atoms with Crippen molar-refractivity contribution in [3.63, 3.8) is 0 Å². The van der Waals surface area contributed by atoms with Crippen LogP contribution in [0.1, 0.15) is 15.9 Å². The minimum Gasteiger partial charge on any atom is -0.495 e. The van der Waals surface area contributed by atoms with Crippen LogP contribution in [0.15, 0.2) is 77.7 Å². The lowest BCUT2D eigenvalue weighted by atomic mass is 10.2. The molecule has 3 rings (SSSR count). The lowest BCUT2D eigenvalue weighted by molar-refractivity contribution is 0.102. The molecule has 0 spiro atoms. The van der Waals surface area contributed by atoms with Crippen LogP contribution in [0.25, 0.3) is 0 Å². The number of anilines is 1. The van der Waals surface area contributed by atoms with Gasteiger partial charge in [-0.05, 0) is 48.0 Å². The first-order chi connectivity index (χ1) is 14.8. The fourth-order valence-electron chi connectivity index (χ4n) is 2.79. The summed E-state index contributed by atoms with van der Waals surface area (Å²) in [5.74, 6) is 0.409. The second-order valence-corrected chi connectivity index (χ2v) is 9.03. The molecule has 3 aromatic rings. The highest BCUT2D eigenvalue weighted by molar-refractivity contribution is 7.89. The number of rotatable bonds is 8. The zero-order valence-electron chi connectivity index (χ0n) is 17.5. The molecule has 8 heteroatoms. The Bertz CT molecular complexity index is 1140. The molecule has 0 aromatic heterocycles. The van der Waals surface area contributed by atoms with Crippen molar-refractivity contribution in [2.24, 2.45) is 0 Å². The van der Waals surface area contributed by atoms with Gasteiger partial charge in [0, 0.05) is 25.3 Å². The van der Waals surface area contributed by atoms with Gasteiger partial charge in [-0.25, -0.2) is 12.7 Å². The Kier molecular flexibility index (Phi) is 6.94. The maximum atomic E-state index is 12.7. The normalized spacial score (nSPS) is 11.2. The Balaban J connectivity index is 1.71. The Morgan fingerprint density at radius 2 is 1.65 bits per heavy atom. The van der Waals surface area contributed by atoms with Gasteiger partial charge in [-0.1, -0.05) is 30.3 Å². The maximum Gasteiger partial charge on any atom is 0.255 e. The quantitative estimate of drug-likeness (QED) is 0.576. The number of carbonyl (C=O) groups excluding carboxylic acids is 1. The molecule has 3 aromatic carbocycles. The van der Waals surface area contributed by atoms with Gasteiger partial charge < -0.3 is 14.8 Å². The van der Waals surface area contributed by atoms with E-state index in [1.165, 1.54) is 39.4 Å². The fraction of sp³-hybridized carbons (Fsp3) is 0.174. The molecule has 0 aliphatic heterocycles. The van der Waals surface area contributed by atoms with E-state index in [2.05, 4.69) is 5.32 Å². The van der Waals surface area contributed by atoms with Crippen LogP contribution in [0.5, 0.6) is 11.5 Å². The number of carbonyl (C=O) groups is 1. The molecule has 7 nitrogen and oxygen atoms in total. The smallest absolute Gasteiger partial charge is 0.255 e. The van der Waals surface area contributed by atoms with Gasteiger partial charge in [-0.15, -0.1) is 0 Å². The number of benzene rings is 3. The van der Waals surface area contributed by atoms with E-state index in [-0.39, 0.29) is 16.2 Å². The first kappa shape index (κ1) is 22.3. The van der Waals surface area contributed by atoms with Crippen molar-refractivity contribution >= 4 is 21.6 Å². The first-order valence-corrected chi connectivity index (χ1v) is 10.9. The molecule has 0 unspecified atom stereocenters. The molecular formula is C23H24N2O5S. The average molecular weight is 441 g/mol. The Morgan fingerprint density at radius 1 is 0.968 bits per heavy atom. The van der Waals surface area contributed by atoms with Crippen molar-refractivity contribution in [2.75, 3.05) is 26.5 Å². The summed E-state index contributed by atoms with van der Waals surface area (Å²) in [6.07, 6.45) is 0. The molecule has 0 bridgehead atoms. The average Bonchev–Trinajstić information content (AvgIpc) is 2.78. The monoisotopic (exact) mass is 440 g/mol. The molecule has 0 atom stereocenters.